The molecule has 0 unspecified atom stereocenters. The number of fused-ring (bicyclic) bond motifs is 13. The van der Waals surface area contributed by atoms with Gasteiger partial charge in [-0.15, -0.1) is 11.3 Å². The molecule has 0 N–H and O–H groups in total. The highest BCUT2D eigenvalue weighted by Gasteiger charge is 2.20. The first-order valence-electron chi connectivity index (χ1n) is 15.7. The van der Waals surface area contributed by atoms with Gasteiger partial charge < -0.3 is 18.2 Å². The molecule has 0 aliphatic rings. The van der Waals surface area contributed by atoms with E-state index in [1.54, 1.807) is 0 Å². The third-order valence-corrected chi connectivity index (χ3v) is 10.6. The number of rotatable bonds is 3. The van der Waals surface area contributed by atoms with Crippen molar-refractivity contribution in [2.24, 2.45) is 0 Å². The maximum absolute atomic E-state index is 6.71. The molecule has 0 bridgehead atoms. The minimum Gasteiger partial charge on any atom is -0.456 e. The summed E-state index contributed by atoms with van der Waals surface area (Å²) in [5.41, 5.74) is 8.19. The van der Waals surface area contributed by atoms with Crippen LogP contribution in [0.4, 0.5) is 17.1 Å². The number of furan rings is 3. The number of anilines is 3. The van der Waals surface area contributed by atoms with Crippen LogP contribution in [0, 0.1) is 0 Å². The molecule has 47 heavy (non-hydrogen) atoms. The quantitative estimate of drug-likeness (QED) is 0.197. The van der Waals surface area contributed by atoms with E-state index in [1.807, 2.05) is 41.7 Å². The number of hydrogen-bond acceptors (Lipinski definition) is 5. The minimum absolute atomic E-state index is 0.827. The van der Waals surface area contributed by atoms with Crippen molar-refractivity contribution in [3.8, 4) is 0 Å². The van der Waals surface area contributed by atoms with Gasteiger partial charge in [0.15, 0.2) is 0 Å². The molecule has 4 nitrogen and oxygen atoms in total. The first kappa shape index (κ1) is 25.2. The standard InChI is InChI=1S/C42H23NO3S/c1-4-10-34-27(7-1)28-16-13-24(21-37(28)45-34)43(26-15-18-31-30-8-3-6-12-39(30)47-40(31)23-26)25-14-17-29-32-19-20-36-41(42(32)46-38(29)22-25)33-9-2-5-11-35(33)44-36/h1-23H. The van der Waals surface area contributed by atoms with Crippen LogP contribution in [0.5, 0.6) is 0 Å². The highest BCUT2D eigenvalue weighted by molar-refractivity contribution is 7.25. The number of nitrogens with zero attached hydrogens (tertiary/aromatic N) is 1. The van der Waals surface area contributed by atoms with Crippen molar-refractivity contribution in [1.29, 1.82) is 0 Å². The van der Waals surface area contributed by atoms with E-state index >= 15 is 0 Å². The Morgan fingerprint density at radius 2 is 0.894 bits per heavy atom. The highest BCUT2D eigenvalue weighted by Crippen LogP contribution is 2.45. The summed E-state index contributed by atoms with van der Waals surface area (Å²) >= 11 is 1.82. The highest BCUT2D eigenvalue weighted by atomic mass is 32.1. The van der Waals surface area contributed by atoms with Gasteiger partial charge in [0.25, 0.3) is 0 Å². The fourth-order valence-corrected chi connectivity index (χ4v) is 8.46. The molecule has 0 radical (unpaired) electrons. The van der Waals surface area contributed by atoms with Crippen molar-refractivity contribution in [2.75, 3.05) is 4.90 Å². The van der Waals surface area contributed by atoms with Crippen LogP contribution < -0.4 is 4.90 Å². The molecule has 11 aromatic rings. The van der Waals surface area contributed by atoms with E-state index in [-0.39, 0.29) is 0 Å². The van der Waals surface area contributed by atoms with Crippen molar-refractivity contribution < 1.29 is 13.3 Å². The molecule has 7 aromatic carbocycles. The monoisotopic (exact) mass is 621 g/mol. The van der Waals surface area contributed by atoms with Gasteiger partial charge in [-0.1, -0.05) is 60.7 Å². The molecule has 0 saturated heterocycles. The molecule has 0 fully saturated rings. The van der Waals surface area contributed by atoms with Crippen molar-refractivity contribution >= 4 is 114 Å². The molecule has 0 spiro atoms. The van der Waals surface area contributed by atoms with E-state index in [2.05, 4.69) is 114 Å². The lowest BCUT2D eigenvalue weighted by Gasteiger charge is -2.25. The second kappa shape index (κ2) is 9.25. The minimum atomic E-state index is 0.827. The van der Waals surface area contributed by atoms with Gasteiger partial charge in [0.2, 0.25) is 0 Å². The summed E-state index contributed by atoms with van der Waals surface area (Å²) in [5, 5.41) is 9.00. The fourth-order valence-electron chi connectivity index (χ4n) is 7.33. The smallest absolute Gasteiger partial charge is 0.147 e. The van der Waals surface area contributed by atoms with E-state index < -0.39 is 0 Å². The maximum Gasteiger partial charge on any atom is 0.147 e. The molecule has 0 amide bonds. The van der Waals surface area contributed by atoms with E-state index in [0.29, 0.717) is 0 Å². The number of hydrogen-bond donors (Lipinski definition) is 0. The zero-order chi connectivity index (χ0) is 30.6. The maximum atomic E-state index is 6.71. The molecule has 0 aliphatic carbocycles. The van der Waals surface area contributed by atoms with Crippen LogP contribution in [-0.2, 0) is 0 Å². The van der Waals surface area contributed by atoms with Crippen molar-refractivity contribution in [1.82, 2.24) is 0 Å². The number of thiophene rings is 1. The number of benzene rings is 7. The Balaban J connectivity index is 1.15. The largest absolute Gasteiger partial charge is 0.456 e. The molecule has 0 aliphatic heterocycles. The average Bonchev–Trinajstić information content (AvgIpc) is 3.87. The normalized spacial score (nSPS) is 12.3. The van der Waals surface area contributed by atoms with Gasteiger partial charge in [0, 0.05) is 76.3 Å². The zero-order valence-electron chi connectivity index (χ0n) is 24.9. The zero-order valence-corrected chi connectivity index (χ0v) is 25.7. The Morgan fingerprint density at radius 3 is 1.70 bits per heavy atom. The van der Waals surface area contributed by atoms with Crippen LogP contribution in [0.2, 0.25) is 0 Å². The first-order chi connectivity index (χ1) is 23.3. The summed E-state index contributed by atoms with van der Waals surface area (Å²) in [6.07, 6.45) is 0. The fraction of sp³-hybridized carbons (Fsp3) is 0. The summed E-state index contributed by atoms with van der Waals surface area (Å²) < 4.78 is 21.8. The lowest BCUT2D eigenvalue weighted by molar-refractivity contribution is 0.663. The van der Waals surface area contributed by atoms with Crippen molar-refractivity contribution in [3.63, 3.8) is 0 Å². The van der Waals surface area contributed by atoms with Gasteiger partial charge in [-0.05, 0) is 66.7 Å². The Bertz CT molecular complexity index is 2930. The van der Waals surface area contributed by atoms with Crippen LogP contribution >= 0.6 is 11.3 Å². The van der Waals surface area contributed by atoms with Crippen LogP contribution in [0.15, 0.2) is 153 Å². The molecule has 5 heteroatoms. The molecule has 4 heterocycles. The van der Waals surface area contributed by atoms with Gasteiger partial charge in [-0.25, -0.2) is 0 Å². The third kappa shape index (κ3) is 3.57. The van der Waals surface area contributed by atoms with E-state index in [9.17, 15) is 0 Å². The summed E-state index contributed by atoms with van der Waals surface area (Å²) in [5.74, 6) is 0. The molecule has 220 valence electrons. The molecule has 11 rings (SSSR count). The van der Waals surface area contributed by atoms with Crippen LogP contribution in [0.3, 0.4) is 0 Å². The second-order valence-corrected chi connectivity index (χ2v) is 13.2. The van der Waals surface area contributed by atoms with Crippen LogP contribution in [0.25, 0.3) is 86.0 Å². The van der Waals surface area contributed by atoms with Gasteiger partial charge in [-0.3, -0.25) is 0 Å². The van der Waals surface area contributed by atoms with E-state index in [0.717, 1.165) is 82.9 Å². The van der Waals surface area contributed by atoms with Crippen LogP contribution in [-0.4, -0.2) is 0 Å². The van der Waals surface area contributed by atoms with E-state index in [1.165, 1.54) is 20.2 Å². The van der Waals surface area contributed by atoms with Crippen LogP contribution in [0.1, 0.15) is 0 Å². The van der Waals surface area contributed by atoms with Gasteiger partial charge in [0.1, 0.15) is 33.5 Å². The molecular formula is C42H23NO3S. The lowest BCUT2D eigenvalue weighted by atomic mass is 10.1. The molecule has 0 saturated carbocycles. The van der Waals surface area contributed by atoms with Gasteiger partial charge in [-0.2, -0.15) is 0 Å². The average molecular weight is 622 g/mol. The van der Waals surface area contributed by atoms with E-state index in [4.69, 9.17) is 13.3 Å². The topological polar surface area (TPSA) is 42.7 Å². The van der Waals surface area contributed by atoms with Gasteiger partial charge in [0.05, 0.1) is 5.39 Å². The van der Waals surface area contributed by atoms with Gasteiger partial charge >= 0.3 is 0 Å². The number of para-hydroxylation sites is 2. The predicted molar refractivity (Wildman–Crippen MR) is 196 cm³/mol. The van der Waals surface area contributed by atoms with Crippen molar-refractivity contribution in [3.05, 3.63) is 140 Å². The molecular weight excluding hydrogens is 599 g/mol. The molecule has 4 aromatic heterocycles. The Kier molecular flexibility index (Phi) is 4.96. The Hall–Kier alpha value is -6.04. The summed E-state index contributed by atoms with van der Waals surface area (Å²) in [4.78, 5) is 2.30. The predicted octanol–water partition coefficient (Wildman–Crippen LogP) is 13.2. The summed E-state index contributed by atoms with van der Waals surface area (Å²) in [6, 6.07) is 48.9. The Morgan fingerprint density at radius 1 is 0.362 bits per heavy atom. The summed E-state index contributed by atoms with van der Waals surface area (Å²) in [7, 11) is 0. The lowest BCUT2D eigenvalue weighted by Crippen LogP contribution is -2.09. The first-order valence-corrected chi connectivity index (χ1v) is 16.5. The molecule has 0 atom stereocenters. The SMILES string of the molecule is c1ccc2c(c1)oc1cc(N(c3ccc4c(c3)oc3c4ccc4oc5ccccc5c43)c3ccc4c(c3)sc3ccccc34)ccc12. The Labute approximate surface area is 271 Å². The second-order valence-electron chi connectivity index (χ2n) is 12.1. The van der Waals surface area contributed by atoms with Crippen molar-refractivity contribution in [2.45, 2.75) is 0 Å². The summed E-state index contributed by atoms with van der Waals surface area (Å²) in [6.45, 7) is 0. The third-order valence-electron chi connectivity index (χ3n) is 9.46.